The van der Waals surface area contributed by atoms with Crippen molar-refractivity contribution < 1.29 is 4.74 Å². The van der Waals surface area contributed by atoms with Crippen molar-refractivity contribution in [2.75, 3.05) is 24.2 Å². The Balaban J connectivity index is 2.48. The monoisotopic (exact) mass is 265 g/mol. The second kappa shape index (κ2) is 7.87. The molecule has 3 N–H and O–H groups in total. The first-order valence-electron chi connectivity index (χ1n) is 7.12. The molecular weight excluding hydrogens is 238 g/mol. The number of nitrogens with one attached hydrogen (secondary N) is 1. The largest absolute Gasteiger partial charge is 0.476 e. The third kappa shape index (κ3) is 6.32. The van der Waals surface area contributed by atoms with Gasteiger partial charge in [0.15, 0.2) is 0 Å². The predicted octanol–water partition coefficient (Wildman–Crippen LogP) is 3.55. The summed E-state index contributed by atoms with van der Waals surface area (Å²) < 4.78 is 5.61. The molecule has 0 bridgehead atoms. The Bertz CT molecular complexity index is 378. The van der Waals surface area contributed by atoms with Crippen LogP contribution in [0.3, 0.4) is 0 Å². The van der Waals surface area contributed by atoms with Crippen molar-refractivity contribution in [3.8, 4) is 5.88 Å². The van der Waals surface area contributed by atoms with Crippen LogP contribution in [0.5, 0.6) is 5.88 Å². The van der Waals surface area contributed by atoms with E-state index >= 15 is 0 Å². The van der Waals surface area contributed by atoms with Gasteiger partial charge in [0.25, 0.3) is 0 Å². The summed E-state index contributed by atoms with van der Waals surface area (Å²) in [6, 6.07) is 3.74. The zero-order chi connectivity index (χ0) is 14.3. The standard InChI is InChI=1S/C15H27N3O/c1-11(2)6-5-9-17-14-8-7-13(16)15(18-14)19-10-12(3)4/h7-8,11-12H,5-6,9-10,16H2,1-4H3,(H,17,18). The van der Waals surface area contributed by atoms with Crippen molar-refractivity contribution in [3.05, 3.63) is 12.1 Å². The molecule has 108 valence electrons. The first-order chi connectivity index (χ1) is 8.99. The molecule has 1 aromatic heterocycles. The van der Waals surface area contributed by atoms with E-state index in [0.717, 1.165) is 24.7 Å². The maximum atomic E-state index is 5.85. The first-order valence-corrected chi connectivity index (χ1v) is 7.12. The SMILES string of the molecule is CC(C)CCCNc1ccc(N)c(OCC(C)C)n1. The minimum Gasteiger partial charge on any atom is -0.476 e. The van der Waals surface area contributed by atoms with E-state index in [1.807, 2.05) is 12.1 Å². The van der Waals surface area contributed by atoms with Crippen molar-refractivity contribution in [2.24, 2.45) is 11.8 Å². The average Bonchev–Trinajstić information content (AvgIpc) is 2.34. The summed E-state index contributed by atoms with van der Waals surface area (Å²) >= 11 is 0. The van der Waals surface area contributed by atoms with E-state index in [0.29, 0.717) is 24.1 Å². The normalized spacial score (nSPS) is 11.1. The van der Waals surface area contributed by atoms with Crippen LogP contribution in [0.2, 0.25) is 0 Å². The molecule has 0 saturated carbocycles. The summed E-state index contributed by atoms with van der Waals surface area (Å²) in [6.45, 7) is 10.2. The Morgan fingerprint density at radius 3 is 2.58 bits per heavy atom. The Morgan fingerprint density at radius 2 is 1.95 bits per heavy atom. The fourth-order valence-corrected chi connectivity index (χ4v) is 1.64. The van der Waals surface area contributed by atoms with E-state index in [-0.39, 0.29) is 0 Å². The molecule has 0 fully saturated rings. The summed E-state index contributed by atoms with van der Waals surface area (Å²) in [5.74, 6) is 2.56. The summed E-state index contributed by atoms with van der Waals surface area (Å²) in [4.78, 5) is 4.40. The van der Waals surface area contributed by atoms with Crippen LogP contribution in [0, 0.1) is 11.8 Å². The first kappa shape index (κ1) is 15.6. The average molecular weight is 265 g/mol. The summed E-state index contributed by atoms with van der Waals surface area (Å²) in [5.41, 5.74) is 6.45. The summed E-state index contributed by atoms with van der Waals surface area (Å²) in [6.07, 6.45) is 2.37. The number of hydrogen-bond donors (Lipinski definition) is 2. The van der Waals surface area contributed by atoms with Crippen molar-refractivity contribution in [1.82, 2.24) is 4.98 Å². The van der Waals surface area contributed by atoms with Crippen LogP contribution < -0.4 is 15.8 Å². The molecule has 0 atom stereocenters. The van der Waals surface area contributed by atoms with Gasteiger partial charge >= 0.3 is 0 Å². The topological polar surface area (TPSA) is 60.2 Å². The molecule has 19 heavy (non-hydrogen) atoms. The van der Waals surface area contributed by atoms with Crippen LogP contribution in [0.15, 0.2) is 12.1 Å². The van der Waals surface area contributed by atoms with E-state index in [1.54, 1.807) is 0 Å². The highest BCUT2D eigenvalue weighted by atomic mass is 16.5. The molecule has 0 aromatic carbocycles. The number of hydrogen-bond acceptors (Lipinski definition) is 4. The minimum atomic E-state index is 0.462. The Morgan fingerprint density at radius 1 is 1.21 bits per heavy atom. The molecule has 0 amide bonds. The van der Waals surface area contributed by atoms with Gasteiger partial charge in [-0.25, -0.2) is 0 Å². The van der Waals surface area contributed by atoms with Gasteiger partial charge in [0, 0.05) is 6.54 Å². The quantitative estimate of drug-likeness (QED) is 0.706. The Kier molecular flexibility index (Phi) is 6.46. The molecule has 0 unspecified atom stereocenters. The number of nitrogens with two attached hydrogens (primary N) is 1. The van der Waals surface area contributed by atoms with Crippen LogP contribution >= 0.6 is 0 Å². The van der Waals surface area contributed by atoms with E-state index in [4.69, 9.17) is 10.5 Å². The number of pyridine rings is 1. The zero-order valence-corrected chi connectivity index (χ0v) is 12.6. The van der Waals surface area contributed by atoms with Gasteiger partial charge in [-0.05, 0) is 36.8 Å². The highest BCUT2D eigenvalue weighted by Gasteiger charge is 2.05. The smallest absolute Gasteiger partial charge is 0.239 e. The van der Waals surface area contributed by atoms with E-state index < -0.39 is 0 Å². The number of nitrogens with zero attached hydrogens (tertiary/aromatic N) is 1. The van der Waals surface area contributed by atoms with E-state index in [1.165, 1.54) is 6.42 Å². The lowest BCUT2D eigenvalue weighted by Gasteiger charge is -2.12. The van der Waals surface area contributed by atoms with Gasteiger partial charge in [0.2, 0.25) is 5.88 Å². The minimum absolute atomic E-state index is 0.462. The summed E-state index contributed by atoms with van der Waals surface area (Å²) in [7, 11) is 0. The molecule has 0 radical (unpaired) electrons. The van der Waals surface area contributed by atoms with Crippen LogP contribution in [0.1, 0.15) is 40.5 Å². The molecule has 1 aromatic rings. The lowest BCUT2D eigenvalue weighted by atomic mass is 10.1. The predicted molar refractivity (Wildman–Crippen MR) is 81.5 cm³/mol. The third-order valence-corrected chi connectivity index (χ3v) is 2.71. The van der Waals surface area contributed by atoms with Crippen molar-refractivity contribution in [1.29, 1.82) is 0 Å². The maximum Gasteiger partial charge on any atom is 0.239 e. The molecule has 4 heteroatoms. The van der Waals surface area contributed by atoms with E-state index in [9.17, 15) is 0 Å². The van der Waals surface area contributed by atoms with Gasteiger partial charge in [-0.3, -0.25) is 0 Å². The van der Waals surface area contributed by atoms with Crippen LogP contribution in [0.25, 0.3) is 0 Å². The van der Waals surface area contributed by atoms with Gasteiger partial charge in [-0.2, -0.15) is 4.98 Å². The highest BCUT2D eigenvalue weighted by Crippen LogP contribution is 2.21. The van der Waals surface area contributed by atoms with Gasteiger partial charge < -0.3 is 15.8 Å². The molecule has 1 rings (SSSR count). The van der Waals surface area contributed by atoms with Crippen molar-refractivity contribution in [3.63, 3.8) is 0 Å². The number of ether oxygens (including phenoxy) is 1. The molecule has 0 spiro atoms. The fourth-order valence-electron chi connectivity index (χ4n) is 1.64. The molecule has 4 nitrogen and oxygen atoms in total. The summed E-state index contributed by atoms with van der Waals surface area (Å²) in [5, 5.41) is 3.31. The zero-order valence-electron chi connectivity index (χ0n) is 12.6. The molecule has 0 aliphatic carbocycles. The Labute approximate surface area is 116 Å². The van der Waals surface area contributed by atoms with Gasteiger partial charge in [0.05, 0.1) is 12.3 Å². The van der Waals surface area contributed by atoms with Crippen molar-refractivity contribution >= 4 is 11.5 Å². The van der Waals surface area contributed by atoms with Crippen LogP contribution in [-0.4, -0.2) is 18.1 Å². The van der Waals surface area contributed by atoms with Crippen molar-refractivity contribution in [2.45, 2.75) is 40.5 Å². The molecular formula is C15H27N3O. The van der Waals surface area contributed by atoms with Gasteiger partial charge in [-0.15, -0.1) is 0 Å². The number of anilines is 2. The number of nitrogen functional groups attached to an aromatic ring is 1. The lowest BCUT2D eigenvalue weighted by molar-refractivity contribution is 0.263. The lowest BCUT2D eigenvalue weighted by Crippen LogP contribution is -2.10. The second-order valence-electron chi connectivity index (χ2n) is 5.76. The van der Waals surface area contributed by atoms with E-state index in [2.05, 4.69) is 38.0 Å². The second-order valence-corrected chi connectivity index (χ2v) is 5.76. The fraction of sp³-hybridized carbons (Fsp3) is 0.667. The third-order valence-electron chi connectivity index (χ3n) is 2.71. The van der Waals surface area contributed by atoms with Crippen LogP contribution in [-0.2, 0) is 0 Å². The Hall–Kier alpha value is -1.45. The van der Waals surface area contributed by atoms with Gasteiger partial charge in [0.1, 0.15) is 5.82 Å². The number of aromatic nitrogens is 1. The maximum absolute atomic E-state index is 5.85. The molecule has 0 aliphatic rings. The number of rotatable bonds is 8. The molecule has 1 heterocycles. The van der Waals surface area contributed by atoms with Crippen LogP contribution in [0.4, 0.5) is 11.5 Å². The highest BCUT2D eigenvalue weighted by molar-refractivity contribution is 5.53. The van der Waals surface area contributed by atoms with Gasteiger partial charge in [-0.1, -0.05) is 27.7 Å². The molecule has 0 aliphatic heterocycles. The molecule has 0 saturated heterocycles.